The first-order valence-electron chi connectivity index (χ1n) is 7.00. The number of amides is 1. The number of pyridine rings is 1. The number of methoxy groups -OCH3 is 1. The highest BCUT2D eigenvalue weighted by molar-refractivity contribution is 5.90. The number of aromatic amines is 1. The van der Waals surface area contributed by atoms with Gasteiger partial charge in [-0.25, -0.2) is 4.98 Å². The molecule has 0 saturated heterocycles. The quantitative estimate of drug-likeness (QED) is 0.739. The maximum atomic E-state index is 12.2. The van der Waals surface area contributed by atoms with E-state index in [0.717, 1.165) is 5.56 Å². The molecule has 2 heterocycles. The van der Waals surface area contributed by atoms with Crippen LogP contribution >= 0.6 is 0 Å². The molecule has 116 valence electrons. The molecule has 1 fully saturated rings. The largest absolute Gasteiger partial charge is 0.495 e. The lowest BCUT2D eigenvalue weighted by molar-refractivity contribution is 0.0233. The Morgan fingerprint density at radius 3 is 2.95 bits per heavy atom. The number of nitrogens with zero attached hydrogens (tertiary/aromatic N) is 3. The average molecular weight is 303 g/mol. The van der Waals surface area contributed by atoms with Crippen molar-refractivity contribution in [3.63, 3.8) is 0 Å². The topological polar surface area (TPSA) is 113 Å². The van der Waals surface area contributed by atoms with Gasteiger partial charge in [-0.3, -0.25) is 14.9 Å². The Bertz CT molecular complexity index is 640. The minimum Gasteiger partial charge on any atom is -0.495 e. The van der Waals surface area contributed by atoms with Gasteiger partial charge in [-0.2, -0.15) is 5.10 Å². The van der Waals surface area contributed by atoms with Gasteiger partial charge >= 0.3 is 0 Å². The van der Waals surface area contributed by atoms with E-state index in [0.29, 0.717) is 18.6 Å². The molecule has 0 unspecified atom stereocenters. The van der Waals surface area contributed by atoms with Crippen LogP contribution in [0, 0.1) is 5.92 Å². The first-order chi connectivity index (χ1) is 10.7. The number of rotatable bonds is 5. The fraction of sp³-hybridized carbons (Fsp3) is 0.429. The third-order valence-electron chi connectivity index (χ3n) is 3.87. The Morgan fingerprint density at radius 1 is 1.50 bits per heavy atom. The van der Waals surface area contributed by atoms with E-state index in [4.69, 9.17) is 4.74 Å². The van der Waals surface area contributed by atoms with Crippen LogP contribution in [0.2, 0.25) is 0 Å². The zero-order chi connectivity index (χ0) is 15.5. The molecule has 2 aromatic rings. The van der Waals surface area contributed by atoms with E-state index < -0.39 is 0 Å². The highest BCUT2D eigenvalue weighted by Crippen LogP contribution is 2.38. The van der Waals surface area contributed by atoms with Crippen molar-refractivity contribution in [2.75, 3.05) is 7.11 Å². The number of H-pyrrole nitrogens is 1. The molecular weight excluding hydrogens is 286 g/mol. The lowest BCUT2D eigenvalue weighted by Gasteiger charge is -2.38. The van der Waals surface area contributed by atoms with Crippen molar-refractivity contribution in [1.82, 2.24) is 25.5 Å². The van der Waals surface area contributed by atoms with Gasteiger partial charge in [-0.05, 0) is 30.4 Å². The maximum Gasteiger partial charge on any atom is 0.289 e. The summed E-state index contributed by atoms with van der Waals surface area (Å²) in [5, 5.41) is 18.7. The van der Waals surface area contributed by atoms with Gasteiger partial charge in [0.15, 0.2) is 0 Å². The Morgan fingerprint density at radius 2 is 2.32 bits per heavy atom. The van der Waals surface area contributed by atoms with Gasteiger partial charge in [0, 0.05) is 6.20 Å². The molecule has 1 saturated carbocycles. The van der Waals surface area contributed by atoms with Gasteiger partial charge in [-0.15, -0.1) is 0 Å². The van der Waals surface area contributed by atoms with Crippen LogP contribution < -0.4 is 10.1 Å². The number of ether oxygens (including phenoxy) is 1. The van der Waals surface area contributed by atoms with Gasteiger partial charge < -0.3 is 15.2 Å². The summed E-state index contributed by atoms with van der Waals surface area (Å²) in [5.41, 5.74) is 0.837. The molecule has 0 bridgehead atoms. The van der Waals surface area contributed by atoms with E-state index in [1.165, 1.54) is 6.33 Å². The predicted octanol–water partition coefficient (Wildman–Crippen LogP) is 0.450. The number of aliphatic hydroxyl groups excluding tert-OH is 1. The summed E-state index contributed by atoms with van der Waals surface area (Å²) in [6, 6.07) is 1.58. The summed E-state index contributed by atoms with van der Waals surface area (Å²) < 4.78 is 5.18. The summed E-state index contributed by atoms with van der Waals surface area (Å²) in [7, 11) is 1.57. The van der Waals surface area contributed by atoms with Crippen molar-refractivity contribution in [2.45, 2.75) is 25.0 Å². The fourth-order valence-corrected chi connectivity index (χ4v) is 2.62. The minimum atomic E-state index is -0.341. The van der Waals surface area contributed by atoms with E-state index in [2.05, 4.69) is 25.5 Å². The molecule has 1 aliphatic carbocycles. The Balaban J connectivity index is 1.82. The standard InChI is InChI=1S/C14H17N5O3/c1-22-11-4-9(5-15-6-11)12(8-2-10(20)3-8)18-14(21)13-16-7-17-19-13/h4-8,10,12,20H,2-3H2,1H3,(H,18,21)(H,16,17,19)/t8?,10?,12-/m1/s1. The van der Waals surface area contributed by atoms with E-state index in [-0.39, 0.29) is 29.8 Å². The second kappa shape index (κ2) is 6.10. The first kappa shape index (κ1) is 14.5. The van der Waals surface area contributed by atoms with E-state index in [1.807, 2.05) is 6.07 Å². The Kier molecular flexibility index (Phi) is 4.01. The van der Waals surface area contributed by atoms with Gasteiger partial charge in [0.05, 0.1) is 25.5 Å². The van der Waals surface area contributed by atoms with Crippen LogP contribution in [-0.4, -0.2) is 44.4 Å². The lowest BCUT2D eigenvalue weighted by atomic mass is 9.75. The zero-order valence-corrected chi connectivity index (χ0v) is 12.1. The molecule has 1 atom stereocenters. The number of carbonyl (C=O) groups is 1. The van der Waals surface area contributed by atoms with Crippen molar-refractivity contribution in [2.24, 2.45) is 5.92 Å². The molecule has 8 nitrogen and oxygen atoms in total. The van der Waals surface area contributed by atoms with E-state index in [9.17, 15) is 9.90 Å². The molecule has 0 aromatic carbocycles. The number of hydrogen-bond acceptors (Lipinski definition) is 6. The van der Waals surface area contributed by atoms with Crippen molar-refractivity contribution in [3.8, 4) is 5.75 Å². The zero-order valence-electron chi connectivity index (χ0n) is 12.1. The van der Waals surface area contributed by atoms with Crippen molar-refractivity contribution in [3.05, 3.63) is 36.2 Å². The fourth-order valence-electron chi connectivity index (χ4n) is 2.62. The van der Waals surface area contributed by atoms with Crippen LogP contribution in [-0.2, 0) is 0 Å². The number of hydrogen-bond donors (Lipinski definition) is 3. The van der Waals surface area contributed by atoms with Gasteiger partial charge in [-0.1, -0.05) is 0 Å². The summed E-state index contributed by atoms with van der Waals surface area (Å²) in [6.07, 6.45) is 5.54. The molecule has 0 aliphatic heterocycles. The Hall–Kier alpha value is -2.48. The molecular formula is C14H17N5O3. The van der Waals surface area contributed by atoms with Crippen LogP contribution in [0.1, 0.15) is 35.1 Å². The molecule has 1 amide bonds. The summed E-state index contributed by atoms with van der Waals surface area (Å²) >= 11 is 0. The van der Waals surface area contributed by atoms with Crippen molar-refractivity contribution >= 4 is 5.91 Å². The van der Waals surface area contributed by atoms with E-state index >= 15 is 0 Å². The lowest BCUT2D eigenvalue weighted by Crippen LogP contribution is -2.41. The monoisotopic (exact) mass is 303 g/mol. The molecule has 1 aliphatic rings. The number of aliphatic hydroxyl groups is 1. The third-order valence-corrected chi connectivity index (χ3v) is 3.87. The molecule has 3 rings (SSSR count). The molecule has 8 heteroatoms. The smallest absolute Gasteiger partial charge is 0.289 e. The molecule has 3 N–H and O–H groups in total. The van der Waals surface area contributed by atoms with Gasteiger partial charge in [0.2, 0.25) is 5.82 Å². The second-order valence-corrected chi connectivity index (χ2v) is 5.33. The molecule has 2 aromatic heterocycles. The highest BCUT2D eigenvalue weighted by Gasteiger charge is 2.36. The van der Waals surface area contributed by atoms with Crippen LogP contribution in [0.5, 0.6) is 5.75 Å². The van der Waals surface area contributed by atoms with Crippen molar-refractivity contribution < 1.29 is 14.6 Å². The minimum absolute atomic E-state index is 0.149. The number of nitrogens with one attached hydrogen (secondary N) is 2. The SMILES string of the molecule is COc1cncc([C@H](NC(=O)c2ncn[nH]2)C2CC(O)C2)c1. The summed E-state index contributed by atoms with van der Waals surface area (Å²) in [4.78, 5) is 20.2. The maximum absolute atomic E-state index is 12.2. The normalized spacial score (nSPS) is 21.7. The number of carbonyl (C=O) groups excluding carboxylic acids is 1. The molecule has 0 radical (unpaired) electrons. The summed E-state index contributed by atoms with van der Waals surface area (Å²) in [5.74, 6) is 0.583. The molecule has 0 spiro atoms. The third kappa shape index (κ3) is 2.91. The van der Waals surface area contributed by atoms with E-state index in [1.54, 1.807) is 19.5 Å². The predicted molar refractivity (Wildman–Crippen MR) is 76.1 cm³/mol. The average Bonchev–Trinajstić information content (AvgIpc) is 3.04. The van der Waals surface area contributed by atoms with Crippen LogP contribution in [0.3, 0.4) is 0 Å². The summed E-state index contributed by atoms with van der Waals surface area (Å²) in [6.45, 7) is 0. The van der Waals surface area contributed by atoms with Gasteiger partial charge in [0.25, 0.3) is 5.91 Å². The Labute approximate surface area is 126 Å². The van der Waals surface area contributed by atoms with Crippen LogP contribution in [0.15, 0.2) is 24.8 Å². The van der Waals surface area contributed by atoms with Gasteiger partial charge in [0.1, 0.15) is 12.1 Å². The van der Waals surface area contributed by atoms with Crippen LogP contribution in [0.25, 0.3) is 0 Å². The van der Waals surface area contributed by atoms with Crippen molar-refractivity contribution in [1.29, 1.82) is 0 Å². The van der Waals surface area contributed by atoms with Crippen LogP contribution in [0.4, 0.5) is 0 Å². The molecule has 22 heavy (non-hydrogen) atoms. The first-order valence-corrected chi connectivity index (χ1v) is 7.00. The second-order valence-electron chi connectivity index (χ2n) is 5.33. The number of aromatic nitrogens is 4. The highest BCUT2D eigenvalue weighted by atomic mass is 16.5.